The summed E-state index contributed by atoms with van der Waals surface area (Å²) in [5, 5.41) is 9.51. The molecule has 0 saturated carbocycles. The van der Waals surface area contributed by atoms with E-state index in [4.69, 9.17) is 0 Å². The van der Waals surface area contributed by atoms with E-state index >= 15 is 0 Å². The minimum absolute atomic E-state index is 0.187. The van der Waals surface area contributed by atoms with Gasteiger partial charge in [0.25, 0.3) is 0 Å². The van der Waals surface area contributed by atoms with Crippen molar-refractivity contribution >= 4 is 17.2 Å². The molecule has 5 heteroatoms. The molecule has 1 unspecified atom stereocenters. The maximum absolute atomic E-state index is 12.5. The molecular weight excluding hydrogens is 258 g/mol. The van der Waals surface area contributed by atoms with Crippen LogP contribution in [0.2, 0.25) is 0 Å². The molecule has 1 amide bonds. The molecule has 2 rings (SSSR count). The highest BCUT2D eigenvalue weighted by Crippen LogP contribution is 2.31. The highest BCUT2D eigenvalue weighted by molar-refractivity contribution is 7.09. The normalized spacial score (nSPS) is 23.3. The molecule has 19 heavy (non-hydrogen) atoms. The largest absolute Gasteiger partial charge is 0.350 e. The lowest BCUT2D eigenvalue weighted by Crippen LogP contribution is -2.50. The summed E-state index contributed by atoms with van der Waals surface area (Å²) >= 11 is 1.63. The van der Waals surface area contributed by atoms with E-state index in [2.05, 4.69) is 22.5 Å². The molecule has 4 nitrogen and oxygen atoms in total. The van der Waals surface area contributed by atoms with E-state index in [-0.39, 0.29) is 11.3 Å². The second kappa shape index (κ2) is 6.48. The van der Waals surface area contributed by atoms with Crippen LogP contribution >= 0.6 is 11.3 Å². The molecule has 1 aromatic heterocycles. The first kappa shape index (κ1) is 14.5. The van der Waals surface area contributed by atoms with Gasteiger partial charge in [0.2, 0.25) is 5.91 Å². The number of aromatic nitrogens is 1. The maximum Gasteiger partial charge on any atom is 0.227 e. The van der Waals surface area contributed by atoms with E-state index < -0.39 is 0 Å². The van der Waals surface area contributed by atoms with Crippen molar-refractivity contribution in [1.29, 1.82) is 0 Å². The Hall–Kier alpha value is -0.940. The third-order valence-corrected chi connectivity index (χ3v) is 4.60. The van der Waals surface area contributed by atoms with Gasteiger partial charge < -0.3 is 10.6 Å². The van der Waals surface area contributed by atoms with Gasteiger partial charge in [-0.15, -0.1) is 11.3 Å². The summed E-state index contributed by atoms with van der Waals surface area (Å²) in [6.45, 7) is 6.52. The topological polar surface area (TPSA) is 54.0 Å². The SMILES string of the molecule is CCCC1(C(=O)NCc2csc(C)n2)CCCNC1. The van der Waals surface area contributed by atoms with E-state index in [1.54, 1.807) is 11.3 Å². The van der Waals surface area contributed by atoms with Crippen LogP contribution in [0.15, 0.2) is 5.38 Å². The minimum Gasteiger partial charge on any atom is -0.350 e. The van der Waals surface area contributed by atoms with Crippen molar-refractivity contribution in [1.82, 2.24) is 15.6 Å². The molecular formula is C14H23N3OS. The fourth-order valence-corrected chi connectivity index (χ4v) is 3.43. The van der Waals surface area contributed by atoms with Gasteiger partial charge >= 0.3 is 0 Å². The van der Waals surface area contributed by atoms with Crippen LogP contribution in [0, 0.1) is 12.3 Å². The highest BCUT2D eigenvalue weighted by atomic mass is 32.1. The van der Waals surface area contributed by atoms with Crippen LogP contribution in [0.3, 0.4) is 0 Å². The third kappa shape index (κ3) is 3.54. The molecule has 1 saturated heterocycles. The molecule has 1 aliphatic heterocycles. The smallest absolute Gasteiger partial charge is 0.227 e. The predicted molar refractivity (Wildman–Crippen MR) is 78.1 cm³/mol. The number of nitrogens with zero attached hydrogens (tertiary/aromatic N) is 1. The van der Waals surface area contributed by atoms with Crippen molar-refractivity contribution in [2.45, 2.75) is 46.1 Å². The minimum atomic E-state index is -0.210. The summed E-state index contributed by atoms with van der Waals surface area (Å²) in [7, 11) is 0. The Morgan fingerprint density at radius 2 is 2.47 bits per heavy atom. The summed E-state index contributed by atoms with van der Waals surface area (Å²) < 4.78 is 0. The van der Waals surface area contributed by atoms with Crippen LogP contribution in [-0.2, 0) is 11.3 Å². The fraction of sp³-hybridized carbons (Fsp3) is 0.714. The second-order valence-corrected chi connectivity index (χ2v) is 6.41. The zero-order chi connectivity index (χ0) is 13.7. The van der Waals surface area contributed by atoms with Gasteiger partial charge in [-0.2, -0.15) is 0 Å². The van der Waals surface area contributed by atoms with Crippen LogP contribution in [0.25, 0.3) is 0 Å². The standard InChI is InChI=1S/C14H23N3OS/c1-3-5-14(6-4-7-15-10-14)13(18)16-8-12-9-19-11(2)17-12/h9,15H,3-8,10H2,1-2H3,(H,16,18). The van der Waals surface area contributed by atoms with Crippen molar-refractivity contribution in [3.63, 3.8) is 0 Å². The van der Waals surface area contributed by atoms with Crippen molar-refractivity contribution < 1.29 is 4.79 Å². The average molecular weight is 281 g/mol. The molecule has 2 heterocycles. The third-order valence-electron chi connectivity index (χ3n) is 3.78. The van der Waals surface area contributed by atoms with Crippen molar-refractivity contribution in [3.8, 4) is 0 Å². The number of carbonyl (C=O) groups excluding carboxylic acids is 1. The molecule has 0 bridgehead atoms. The lowest BCUT2D eigenvalue weighted by Gasteiger charge is -2.36. The van der Waals surface area contributed by atoms with Gasteiger partial charge in [0, 0.05) is 11.9 Å². The van der Waals surface area contributed by atoms with E-state index in [1.165, 1.54) is 0 Å². The van der Waals surface area contributed by atoms with Crippen molar-refractivity contribution in [3.05, 3.63) is 16.1 Å². The Bertz CT molecular complexity index is 419. The number of carbonyl (C=O) groups is 1. The van der Waals surface area contributed by atoms with Crippen molar-refractivity contribution in [2.75, 3.05) is 13.1 Å². The molecule has 1 atom stereocenters. The highest BCUT2D eigenvalue weighted by Gasteiger charge is 2.38. The first-order chi connectivity index (χ1) is 9.16. The van der Waals surface area contributed by atoms with Gasteiger partial charge in [0.1, 0.15) is 0 Å². The Morgan fingerprint density at radius 1 is 1.63 bits per heavy atom. The quantitative estimate of drug-likeness (QED) is 0.870. The molecule has 1 fully saturated rings. The van der Waals surface area contributed by atoms with Crippen LogP contribution in [0.4, 0.5) is 0 Å². The van der Waals surface area contributed by atoms with E-state index in [9.17, 15) is 4.79 Å². The van der Waals surface area contributed by atoms with E-state index in [0.717, 1.165) is 49.5 Å². The van der Waals surface area contributed by atoms with Gasteiger partial charge in [0.05, 0.1) is 22.7 Å². The summed E-state index contributed by atoms with van der Waals surface area (Å²) in [5.41, 5.74) is 0.754. The molecule has 0 aromatic carbocycles. The van der Waals surface area contributed by atoms with Crippen LogP contribution < -0.4 is 10.6 Å². The Balaban J connectivity index is 1.95. The molecule has 0 spiro atoms. The van der Waals surface area contributed by atoms with Crippen LogP contribution in [-0.4, -0.2) is 24.0 Å². The lowest BCUT2D eigenvalue weighted by molar-refractivity contribution is -0.132. The Kier molecular flexibility index (Phi) is 4.93. The maximum atomic E-state index is 12.5. The van der Waals surface area contributed by atoms with Crippen molar-refractivity contribution in [2.24, 2.45) is 5.41 Å². The number of hydrogen-bond acceptors (Lipinski definition) is 4. The monoisotopic (exact) mass is 281 g/mol. The average Bonchev–Trinajstić information content (AvgIpc) is 2.83. The lowest BCUT2D eigenvalue weighted by atomic mass is 9.76. The molecule has 1 aliphatic rings. The number of piperidine rings is 1. The van der Waals surface area contributed by atoms with E-state index in [0.29, 0.717) is 6.54 Å². The zero-order valence-electron chi connectivity index (χ0n) is 11.8. The molecule has 0 aliphatic carbocycles. The summed E-state index contributed by atoms with van der Waals surface area (Å²) in [4.78, 5) is 16.9. The number of nitrogens with one attached hydrogen (secondary N) is 2. The summed E-state index contributed by atoms with van der Waals surface area (Å²) in [6, 6.07) is 0. The summed E-state index contributed by atoms with van der Waals surface area (Å²) in [6.07, 6.45) is 4.09. The first-order valence-corrected chi connectivity index (χ1v) is 7.94. The van der Waals surface area contributed by atoms with Gasteiger partial charge in [-0.25, -0.2) is 4.98 Å². The number of thiazole rings is 1. The fourth-order valence-electron chi connectivity index (χ4n) is 2.81. The van der Waals surface area contributed by atoms with Gasteiger partial charge in [0.15, 0.2) is 0 Å². The zero-order valence-corrected chi connectivity index (χ0v) is 12.6. The molecule has 106 valence electrons. The summed E-state index contributed by atoms with van der Waals surface area (Å²) in [5.74, 6) is 0.187. The van der Waals surface area contributed by atoms with Gasteiger partial charge in [-0.05, 0) is 32.7 Å². The number of rotatable bonds is 5. The Labute approximate surface area is 119 Å². The number of aryl methyl sites for hydroxylation is 1. The second-order valence-electron chi connectivity index (χ2n) is 5.35. The molecule has 0 radical (unpaired) electrons. The first-order valence-electron chi connectivity index (χ1n) is 7.06. The Morgan fingerprint density at radius 3 is 3.05 bits per heavy atom. The van der Waals surface area contributed by atoms with Gasteiger partial charge in [-0.3, -0.25) is 4.79 Å². The van der Waals surface area contributed by atoms with Gasteiger partial charge in [-0.1, -0.05) is 13.3 Å². The van der Waals surface area contributed by atoms with Crippen LogP contribution in [0.1, 0.15) is 43.3 Å². The van der Waals surface area contributed by atoms with E-state index in [1.807, 2.05) is 12.3 Å². The number of amides is 1. The predicted octanol–water partition coefficient (Wildman–Crippen LogP) is 2.24. The van der Waals surface area contributed by atoms with Crippen LogP contribution in [0.5, 0.6) is 0 Å². The molecule has 1 aromatic rings. The molecule has 2 N–H and O–H groups in total. The number of hydrogen-bond donors (Lipinski definition) is 2.